The summed E-state index contributed by atoms with van der Waals surface area (Å²) in [6, 6.07) is 6.12. The molecule has 1 N–H and O–H groups in total. The first kappa shape index (κ1) is 11.7. The number of hydrogen-bond acceptors (Lipinski definition) is 4. The fraction of sp³-hybridized carbons (Fsp3) is 0.364. The number of nitrogens with zero attached hydrogens (tertiary/aromatic N) is 4. The Morgan fingerprint density at radius 3 is 2.71 bits per heavy atom. The predicted molar refractivity (Wildman–Crippen MR) is 58.5 cm³/mol. The summed E-state index contributed by atoms with van der Waals surface area (Å²) in [7, 11) is 1.63. The summed E-state index contributed by atoms with van der Waals surface area (Å²) in [4.78, 5) is 1.30. The minimum absolute atomic E-state index is 0.113. The van der Waals surface area contributed by atoms with Crippen LogP contribution in [0.5, 0.6) is 0 Å². The van der Waals surface area contributed by atoms with E-state index < -0.39 is 11.4 Å². The molecule has 17 heavy (non-hydrogen) atoms. The Balaban J connectivity index is 2.27. The zero-order chi connectivity index (χ0) is 12.5. The molecule has 0 saturated carbocycles. The van der Waals surface area contributed by atoms with Gasteiger partial charge < -0.3 is 5.11 Å². The van der Waals surface area contributed by atoms with Crippen molar-refractivity contribution >= 4 is 0 Å². The standard InChI is InChI=1S/C11H13FN4O/c1-11(17,7-10-13-15-16(2)14-10)8-5-3-4-6-9(8)12/h3-6,17H,7H2,1-2H3. The van der Waals surface area contributed by atoms with Crippen molar-refractivity contribution in [1.29, 1.82) is 0 Å². The molecule has 1 unspecified atom stereocenters. The molecule has 0 bridgehead atoms. The van der Waals surface area contributed by atoms with Crippen molar-refractivity contribution in [3.63, 3.8) is 0 Å². The van der Waals surface area contributed by atoms with Crippen LogP contribution in [0.1, 0.15) is 18.3 Å². The average Bonchev–Trinajstić information content (AvgIpc) is 2.63. The minimum atomic E-state index is -1.35. The summed E-state index contributed by atoms with van der Waals surface area (Å²) < 4.78 is 13.6. The van der Waals surface area contributed by atoms with Crippen molar-refractivity contribution in [3.05, 3.63) is 41.5 Å². The molecule has 0 fully saturated rings. The molecule has 0 spiro atoms. The fourth-order valence-electron chi connectivity index (χ4n) is 1.70. The summed E-state index contributed by atoms with van der Waals surface area (Å²) in [6.07, 6.45) is 0.113. The zero-order valence-electron chi connectivity index (χ0n) is 9.63. The van der Waals surface area contributed by atoms with Crippen LogP contribution in [-0.4, -0.2) is 25.3 Å². The van der Waals surface area contributed by atoms with Gasteiger partial charge in [-0.3, -0.25) is 0 Å². The highest BCUT2D eigenvalue weighted by Gasteiger charge is 2.28. The normalized spacial score (nSPS) is 14.6. The molecule has 0 saturated heterocycles. The molecule has 2 aromatic rings. The molecule has 0 amide bonds. The van der Waals surface area contributed by atoms with E-state index in [4.69, 9.17) is 0 Å². The average molecular weight is 236 g/mol. The highest BCUT2D eigenvalue weighted by atomic mass is 19.1. The van der Waals surface area contributed by atoms with Crippen LogP contribution in [0.4, 0.5) is 4.39 Å². The first-order valence-electron chi connectivity index (χ1n) is 5.19. The van der Waals surface area contributed by atoms with Crippen molar-refractivity contribution in [2.75, 3.05) is 0 Å². The van der Waals surface area contributed by atoms with Gasteiger partial charge in [0.15, 0.2) is 5.82 Å². The van der Waals surface area contributed by atoms with Gasteiger partial charge in [-0.2, -0.15) is 4.80 Å². The van der Waals surface area contributed by atoms with Gasteiger partial charge in [0.05, 0.1) is 12.6 Å². The molecule has 0 aliphatic rings. The highest BCUT2D eigenvalue weighted by Crippen LogP contribution is 2.25. The number of rotatable bonds is 3. The van der Waals surface area contributed by atoms with Crippen molar-refractivity contribution in [2.24, 2.45) is 7.05 Å². The third kappa shape index (κ3) is 2.47. The number of tetrazole rings is 1. The molecule has 0 aliphatic heterocycles. The van der Waals surface area contributed by atoms with E-state index in [0.717, 1.165) is 0 Å². The van der Waals surface area contributed by atoms with Crippen LogP contribution < -0.4 is 0 Å². The maximum atomic E-state index is 13.6. The third-order valence-electron chi connectivity index (χ3n) is 2.51. The molecule has 1 heterocycles. The summed E-state index contributed by atoms with van der Waals surface area (Å²) in [5.41, 5.74) is -1.12. The summed E-state index contributed by atoms with van der Waals surface area (Å²) >= 11 is 0. The van der Waals surface area contributed by atoms with Crippen LogP contribution in [0.3, 0.4) is 0 Å². The van der Waals surface area contributed by atoms with E-state index in [1.165, 1.54) is 17.8 Å². The second-order valence-electron chi connectivity index (χ2n) is 4.13. The maximum absolute atomic E-state index is 13.6. The Kier molecular flexibility index (Phi) is 2.89. The number of aliphatic hydroxyl groups is 1. The molecule has 6 heteroatoms. The summed E-state index contributed by atoms with van der Waals surface area (Å²) in [5, 5.41) is 21.7. The SMILES string of the molecule is Cn1nnc(CC(C)(O)c2ccccc2F)n1. The summed E-state index contributed by atoms with van der Waals surface area (Å²) in [5.74, 6) is -0.0675. The molecule has 90 valence electrons. The van der Waals surface area contributed by atoms with E-state index in [1.807, 2.05) is 0 Å². The first-order chi connectivity index (χ1) is 7.99. The van der Waals surface area contributed by atoms with Gasteiger partial charge in [0.25, 0.3) is 0 Å². The highest BCUT2D eigenvalue weighted by molar-refractivity contribution is 5.24. The third-order valence-corrected chi connectivity index (χ3v) is 2.51. The monoisotopic (exact) mass is 236 g/mol. The molecule has 1 aromatic heterocycles. The topological polar surface area (TPSA) is 63.8 Å². The largest absolute Gasteiger partial charge is 0.385 e. The molecule has 1 atom stereocenters. The molecule has 0 aliphatic carbocycles. The van der Waals surface area contributed by atoms with Crippen molar-refractivity contribution in [2.45, 2.75) is 18.9 Å². The van der Waals surface area contributed by atoms with Gasteiger partial charge in [0, 0.05) is 12.0 Å². The first-order valence-corrected chi connectivity index (χ1v) is 5.19. The van der Waals surface area contributed by atoms with Crippen molar-refractivity contribution < 1.29 is 9.50 Å². The van der Waals surface area contributed by atoms with E-state index in [0.29, 0.717) is 5.82 Å². The lowest BCUT2D eigenvalue weighted by Gasteiger charge is -2.22. The fourth-order valence-corrected chi connectivity index (χ4v) is 1.70. The lowest BCUT2D eigenvalue weighted by molar-refractivity contribution is 0.0516. The van der Waals surface area contributed by atoms with Gasteiger partial charge in [-0.15, -0.1) is 10.2 Å². The number of hydrogen-bond donors (Lipinski definition) is 1. The molecule has 1 aromatic carbocycles. The zero-order valence-corrected chi connectivity index (χ0v) is 9.63. The van der Waals surface area contributed by atoms with Gasteiger partial charge in [-0.1, -0.05) is 18.2 Å². The second kappa shape index (κ2) is 4.21. The van der Waals surface area contributed by atoms with Gasteiger partial charge in [0.2, 0.25) is 0 Å². The maximum Gasteiger partial charge on any atom is 0.178 e. The molecule has 5 nitrogen and oxygen atoms in total. The van der Waals surface area contributed by atoms with Crippen molar-refractivity contribution in [1.82, 2.24) is 20.2 Å². The van der Waals surface area contributed by atoms with E-state index >= 15 is 0 Å². The van der Waals surface area contributed by atoms with Gasteiger partial charge in [-0.25, -0.2) is 4.39 Å². The lowest BCUT2D eigenvalue weighted by Crippen LogP contribution is -2.26. The Morgan fingerprint density at radius 1 is 1.41 bits per heavy atom. The quantitative estimate of drug-likeness (QED) is 0.856. The molecule has 2 rings (SSSR count). The van der Waals surface area contributed by atoms with Crippen LogP contribution >= 0.6 is 0 Å². The Morgan fingerprint density at radius 2 is 2.12 bits per heavy atom. The minimum Gasteiger partial charge on any atom is -0.385 e. The van der Waals surface area contributed by atoms with Crippen LogP contribution in [0.25, 0.3) is 0 Å². The van der Waals surface area contributed by atoms with Crippen LogP contribution in [0.15, 0.2) is 24.3 Å². The molecule has 0 radical (unpaired) electrons. The van der Waals surface area contributed by atoms with E-state index in [9.17, 15) is 9.50 Å². The van der Waals surface area contributed by atoms with E-state index in [1.54, 1.807) is 25.2 Å². The van der Waals surface area contributed by atoms with Gasteiger partial charge >= 0.3 is 0 Å². The van der Waals surface area contributed by atoms with Crippen LogP contribution in [0, 0.1) is 5.82 Å². The van der Waals surface area contributed by atoms with Gasteiger partial charge in [-0.05, 0) is 18.2 Å². The number of aromatic nitrogens is 4. The van der Waals surface area contributed by atoms with Crippen LogP contribution in [0.2, 0.25) is 0 Å². The summed E-state index contributed by atoms with van der Waals surface area (Å²) in [6.45, 7) is 1.53. The second-order valence-corrected chi connectivity index (χ2v) is 4.13. The molecular weight excluding hydrogens is 223 g/mol. The molecular formula is C11H13FN4O. The number of halogens is 1. The smallest absolute Gasteiger partial charge is 0.178 e. The van der Waals surface area contributed by atoms with E-state index in [2.05, 4.69) is 15.4 Å². The van der Waals surface area contributed by atoms with Gasteiger partial charge in [0.1, 0.15) is 5.82 Å². The van der Waals surface area contributed by atoms with Crippen LogP contribution in [-0.2, 0) is 19.1 Å². The Bertz CT molecular complexity index is 524. The predicted octanol–water partition coefficient (Wildman–Crippen LogP) is 0.799. The Hall–Kier alpha value is -1.82. The number of aryl methyl sites for hydroxylation is 1. The van der Waals surface area contributed by atoms with Crippen molar-refractivity contribution in [3.8, 4) is 0 Å². The van der Waals surface area contributed by atoms with E-state index in [-0.39, 0.29) is 12.0 Å². The Labute approximate surface area is 97.9 Å². The number of benzene rings is 1. The lowest BCUT2D eigenvalue weighted by atomic mass is 9.92.